The second-order valence-electron chi connectivity index (χ2n) is 4.63. The molecule has 1 aromatic rings. The minimum Gasteiger partial charge on any atom is -0.394 e. The van der Waals surface area contributed by atoms with Crippen molar-refractivity contribution >= 4 is 11.6 Å². The summed E-state index contributed by atoms with van der Waals surface area (Å²) in [5.41, 5.74) is 0.766. The smallest absolute Gasteiger partial charge is 0.142 e. The van der Waals surface area contributed by atoms with Crippen LogP contribution in [0.25, 0.3) is 0 Å². The van der Waals surface area contributed by atoms with Gasteiger partial charge in [-0.05, 0) is 18.6 Å². The number of aliphatic hydroxyl groups is 1. The second kappa shape index (κ2) is 5.97. The first-order valence-corrected chi connectivity index (χ1v) is 6.39. The summed E-state index contributed by atoms with van der Waals surface area (Å²) in [7, 11) is 0. The van der Waals surface area contributed by atoms with E-state index in [1.54, 1.807) is 6.07 Å². The normalized spacial score (nSPS) is 25.3. The Morgan fingerprint density at radius 1 is 1.56 bits per heavy atom. The lowest BCUT2D eigenvalue weighted by atomic mass is 10.1. The van der Waals surface area contributed by atoms with Gasteiger partial charge >= 0.3 is 0 Å². The number of nitrogens with zero attached hydrogens (tertiary/aromatic N) is 1. The van der Waals surface area contributed by atoms with Crippen LogP contribution in [0.3, 0.4) is 0 Å². The number of rotatable bonds is 3. The van der Waals surface area contributed by atoms with E-state index in [0.717, 1.165) is 5.56 Å². The zero-order valence-electron chi connectivity index (χ0n) is 10.3. The third-order valence-corrected chi connectivity index (χ3v) is 3.67. The molecule has 2 rings (SSSR count). The molecule has 0 aromatic heterocycles. The molecule has 1 fully saturated rings. The fourth-order valence-electron chi connectivity index (χ4n) is 2.10. The average Bonchev–Trinajstić information content (AvgIpc) is 2.37. The van der Waals surface area contributed by atoms with E-state index in [4.69, 9.17) is 21.4 Å². The van der Waals surface area contributed by atoms with Crippen molar-refractivity contribution in [3.05, 3.63) is 34.6 Å². The van der Waals surface area contributed by atoms with Crippen LogP contribution >= 0.6 is 11.6 Å². The molecule has 5 heteroatoms. The minimum atomic E-state index is -0.395. The van der Waals surface area contributed by atoms with Crippen LogP contribution in [0.5, 0.6) is 0 Å². The molecule has 1 heterocycles. The van der Waals surface area contributed by atoms with Gasteiger partial charge in [-0.3, -0.25) is 4.90 Å². The van der Waals surface area contributed by atoms with Crippen molar-refractivity contribution in [2.75, 3.05) is 19.8 Å². The van der Waals surface area contributed by atoms with Crippen LogP contribution in [0.1, 0.15) is 12.5 Å². The number of halogens is 2. The summed E-state index contributed by atoms with van der Waals surface area (Å²) in [6, 6.07) is 5.06. The molecule has 0 amide bonds. The first-order chi connectivity index (χ1) is 8.61. The third-order valence-electron chi connectivity index (χ3n) is 3.24. The summed E-state index contributed by atoms with van der Waals surface area (Å²) in [4.78, 5) is 2.14. The zero-order chi connectivity index (χ0) is 13.1. The standard InChI is InChI=1S/C13H17ClFNO2/c1-9-8-18-11(7-17)6-16(9)5-10-3-2-4-12(15)13(10)14/h2-4,9,11,17H,5-8H2,1H3. The lowest BCUT2D eigenvalue weighted by Gasteiger charge is -2.37. The van der Waals surface area contributed by atoms with Crippen molar-refractivity contribution in [3.63, 3.8) is 0 Å². The average molecular weight is 274 g/mol. The molecule has 1 saturated heterocycles. The molecular weight excluding hydrogens is 257 g/mol. The van der Waals surface area contributed by atoms with Gasteiger partial charge < -0.3 is 9.84 Å². The largest absolute Gasteiger partial charge is 0.394 e. The van der Waals surface area contributed by atoms with Gasteiger partial charge in [-0.25, -0.2) is 4.39 Å². The van der Waals surface area contributed by atoms with E-state index in [1.165, 1.54) is 6.07 Å². The summed E-state index contributed by atoms with van der Waals surface area (Å²) in [6.07, 6.45) is -0.173. The Morgan fingerprint density at radius 2 is 2.33 bits per heavy atom. The Morgan fingerprint density at radius 3 is 3.06 bits per heavy atom. The van der Waals surface area contributed by atoms with Crippen LogP contribution < -0.4 is 0 Å². The van der Waals surface area contributed by atoms with E-state index < -0.39 is 5.82 Å². The van der Waals surface area contributed by atoms with Gasteiger partial charge in [0.15, 0.2) is 0 Å². The number of hydrogen-bond donors (Lipinski definition) is 1. The molecule has 2 unspecified atom stereocenters. The number of aliphatic hydroxyl groups excluding tert-OH is 1. The second-order valence-corrected chi connectivity index (χ2v) is 5.01. The predicted octanol–water partition coefficient (Wildman–Crippen LogP) is 2.06. The van der Waals surface area contributed by atoms with E-state index in [9.17, 15) is 4.39 Å². The van der Waals surface area contributed by atoms with Gasteiger partial charge in [0.2, 0.25) is 0 Å². The van der Waals surface area contributed by atoms with E-state index >= 15 is 0 Å². The van der Waals surface area contributed by atoms with Crippen LogP contribution in [0.15, 0.2) is 18.2 Å². The van der Waals surface area contributed by atoms with Gasteiger partial charge in [-0.1, -0.05) is 23.7 Å². The number of hydrogen-bond acceptors (Lipinski definition) is 3. The molecule has 0 saturated carbocycles. The quantitative estimate of drug-likeness (QED) is 0.915. The van der Waals surface area contributed by atoms with Gasteiger partial charge in [-0.15, -0.1) is 0 Å². The summed E-state index contributed by atoms with van der Waals surface area (Å²) in [5.74, 6) is -0.395. The van der Waals surface area contributed by atoms with E-state index in [-0.39, 0.29) is 23.8 Å². The van der Waals surface area contributed by atoms with Gasteiger partial charge in [0, 0.05) is 19.1 Å². The van der Waals surface area contributed by atoms with Gasteiger partial charge in [0.1, 0.15) is 5.82 Å². The molecule has 0 spiro atoms. The molecule has 1 aliphatic rings. The molecule has 0 bridgehead atoms. The van der Waals surface area contributed by atoms with Crippen molar-refractivity contribution in [3.8, 4) is 0 Å². The van der Waals surface area contributed by atoms with Crippen LogP contribution in [0.4, 0.5) is 4.39 Å². The highest BCUT2D eigenvalue weighted by atomic mass is 35.5. The number of benzene rings is 1. The lowest BCUT2D eigenvalue weighted by molar-refractivity contribution is -0.0805. The maximum absolute atomic E-state index is 13.4. The summed E-state index contributed by atoms with van der Waals surface area (Å²) >= 11 is 5.95. The predicted molar refractivity (Wildman–Crippen MR) is 68.1 cm³/mol. The lowest BCUT2D eigenvalue weighted by Crippen LogP contribution is -2.48. The first kappa shape index (κ1) is 13.7. The molecule has 0 radical (unpaired) electrons. The maximum atomic E-state index is 13.4. The van der Waals surface area contributed by atoms with Crippen LogP contribution in [0.2, 0.25) is 5.02 Å². The molecule has 1 aromatic carbocycles. The Hall–Kier alpha value is -0.680. The van der Waals surface area contributed by atoms with Crippen LogP contribution in [-0.4, -0.2) is 41.9 Å². The molecular formula is C13H17ClFNO2. The summed E-state index contributed by atoms with van der Waals surface area (Å²) in [6.45, 7) is 3.81. The Balaban J connectivity index is 2.09. The molecule has 3 nitrogen and oxygen atoms in total. The van der Waals surface area contributed by atoms with Crippen molar-refractivity contribution in [1.29, 1.82) is 0 Å². The van der Waals surface area contributed by atoms with Gasteiger partial charge in [0.05, 0.1) is 24.3 Å². The van der Waals surface area contributed by atoms with E-state index in [1.807, 2.05) is 13.0 Å². The third kappa shape index (κ3) is 3.01. The summed E-state index contributed by atoms with van der Waals surface area (Å²) in [5, 5.41) is 9.30. The van der Waals surface area contributed by atoms with Crippen LogP contribution in [-0.2, 0) is 11.3 Å². The zero-order valence-corrected chi connectivity index (χ0v) is 11.0. The minimum absolute atomic E-state index is 0.000102. The first-order valence-electron chi connectivity index (χ1n) is 6.01. The Kier molecular flexibility index (Phi) is 4.56. The van der Waals surface area contributed by atoms with Crippen LogP contribution in [0, 0.1) is 5.82 Å². The van der Waals surface area contributed by atoms with Crippen molar-refractivity contribution in [2.45, 2.75) is 25.6 Å². The highest BCUT2D eigenvalue weighted by molar-refractivity contribution is 6.31. The van der Waals surface area contributed by atoms with Crippen molar-refractivity contribution < 1.29 is 14.2 Å². The highest BCUT2D eigenvalue weighted by Crippen LogP contribution is 2.23. The summed E-state index contributed by atoms with van der Waals surface area (Å²) < 4.78 is 18.8. The molecule has 1 aliphatic heterocycles. The molecule has 2 atom stereocenters. The molecule has 1 N–H and O–H groups in total. The molecule has 0 aliphatic carbocycles. The topological polar surface area (TPSA) is 32.7 Å². The SMILES string of the molecule is CC1COC(CO)CN1Cc1cccc(F)c1Cl. The molecule has 18 heavy (non-hydrogen) atoms. The Bertz CT molecular complexity index is 416. The fraction of sp³-hybridized carbons (Fsp3) is 0.538. The van der Waals surface area contributed by atoms with Crippen molar-refractivity contribution in [1.82, 2.24) is 4.90 Å². The van der Waals surface area contributed by atoms with Crippen molar-refractivity contribution in [2.24, 2.45) is 0 Å². The number of ether oxygens (including phenoxy) is 1. The van der Waals surface area contributed by atoms with E-state index in [0.29, 0.717) is 19.7 Å². The Labute approximate surface area is 111 Å². The van der Waals surface area contributed by atoms with Gasteiger partial charge in [0.25, 0.3) is 0 Å². The maximum Gasteiger partial charge on any atom is 0.142 e. The monoisotopic (exact) mass is 273 g/mol. The molecule has 100 valence electrons. The fourth-order valence-corrected chi connectivity index (χ4v) is 2.28. The van der Waals surface area contributed by atoms with E-state index in [2.05, 4.69) is 4.90 Å². The number of morpholine rings is 1. The highest BCUT2D eigenvalue weighted by Gasteiger charge is 2.26. The van der Waals surface area contributed by atoms with Gasteiger partial charge in [-0.2, -0.15) is 0 Å².